The highest BCUT2D eigenvalue weighted by Crippen LogP contribution is 2.49. The number of aromatic nitrogens is 1. The SMILES string of the molecule is CN1c2ccccc2Sc2cc3c(cc21)[nH]c1ccccc13. The van der Waals surface area contributed by atoms with Gasteiger partial charge in [-0.25, -0.2) is 0 Å². The molecule has 0 saturated carbocycles. The minimum Gasteiger partial charge on any atom is -0.354 e. The van der Waals surface area contributed by atoms with Crippen LogP contribution in [-0.2, 0) is 0 Å². The molecule has 4 aromatic rings. The van der Waals surface area contributed by atoms with Crippen LogP contribution in [0.2, 0.25) is 0 Å². The molecule has 0 unspecified atom stereocenters. The fourth-order valence-corrected chi connectivity index (χ4v) is 4.45. The zero-order chi connectivity index (χ0) is 14.7. The molecule has 0 amide bonds. The van der Waals surface area contributed by atoms with Gasteiger partial charge in [-0.1, -0.05) is 42.1 Å². The van der Waals surface area contributed by atoms with Gasteiger partial charge in [-0.05, 0) is 30.3 Å². The van der Waals surface area contributed by atoms with Gasteiger partial charge >= 0.3 is 0 Å². The van der Waals surface area contributed by atoms with Gasteiger partial charge < -0.3 is 9.88 Å². The molecule has 106 valence electrons. The molecule has 0 aliphatic carbocycles. The molecule has 1 aliphatic heterocycles. The first kappa shape index (κ1) is 12.2. The number of rotatable bonds is 0. The lowest BCUT2D eigenvalue weighted by atomic mass is 10.1. The van der Waals surface area contributed by atoms with E-state index < -0.39 is 0 Å². The summed E-state index contributed by atoms with van der Waals surface area (Å²) in [5.74, 6) is 0. The summed E-state index contributed by atoms with van der Waals surface area (Å²) in [4.78, 5) is 8.45. The molecule has 0 radical (unpaired) electrons. The number of hydrogen-bond donors (Lipinski definition) is 1. The number of aromatic amines is 1. The lowest BCUT2D eigenvalue weighted by Crippen LogP contribution is -2.14. The Labute approximate surface area is 132 Å². The Balaban J connectivity index is 1.82. The molecule has 0 fully saturated rings. The van der Waals surface area contributed by atoms with Gasteiger partial charge in [0.1, 0.15) is 0 Å². The van der Waals surface area contributed by atoms with Crippen LogP contribution in [-0.4, -0.2) is 12.0 Å². The van der Waals surface area contributed by atoms with Gasteiger partial charge in [0.15, 0.2) is 0 Å². The zero-order valence-electron chi connectivity index (χ0n) is 12.1. The first-order valence-corrected chi connectivity index (χ1v) is 8.18. The van der Waals surface area contributed by atoms with Gasteiger partial charge in [0.05, 0.1) is 11.4 Å². The second-order valence-electron chi connectivity index (χ2n) is 5.66. The van der Waals surface area contributed by atoms with Crippen LogP contribution in [0.15, 0.2) is 70.5 Å². The number of H-pyrrole nitrogens is 1. The maximum Gasteiger partial charge on any atom is 0.0571 e. The summed E-state index contributed by atoms with van der Waals surface area (Å²) in [6.45, 7) is 0. The predicted octanol–water partition coefficient (Wildman–Crippen LogP) is 5.55. The second kappa shape index (κ2) is 4.31. The first-order valence-electron chi connectivity index (χ1n) is 7.36. The van der Waals surface area contributed by atoms with Gasteiger partial charge in [-0.15, -0.1) is 0 Å². The van der Waals surface area contributed by atoms with Gasteiger partial charge in [0, 0.05) is 38.6 Å². The van der Waals surface area contributed by atoms with Crippen molar-refractivity contribution in [2.24, 2.45) is 0 Å². The van der Waals surface area contributed by atoms with E-state index in [-0.39, 0.29) is 0 Å². The fraction of sp³-hybridized carbons (Fsp3) is 0.0526. The Morgan fingerprint density at radius 2 is 1.59 bits per heavy atom. The minimum absolute atomic E-state index is 1.20. The van der Waals surface area contributed by atoms with Crippen molar-refractivity contribution >= 4 is 44.9 Å². The van der Waals surface area contributed by atoms with E-state index in [4.69, 9.17) is 0 Å². The molecular weight excluding hydrogens is 288 g/mol. The van der Waals surface area contributed by atoms with E-state index in [0.29, 0.717) is 0 Å². The number of hydrogen-bond acceptors (Lipinski definition) is 2. The summed E-state index contributed by atoms with van der Waals surface area (Å²) < 4.78 is 0. The maximum atomic E-state index is 3.54. The van der Waals surface area contributed by atoms with Crippen LogP contribution < -0.4 is 4.90 Å². The van der Waals surface area contributed by atoms with Gasteiger partial charge in [0.2, 0.25) is 0 Å². The Kier molecular flexibility index (Phi) is 2.38. The normalized spacial score (nSPS) is 13.4. The molecule has 2 heterocycles. The van der Waals surface area contributed by atoms with Crippen molar-refractivity contribution in [3.63, 3.8) is 0 Å². The predicted molar refractivity (Wildman–Crippen MR) is 94.4 cm³/mol. The van der Waals surface area contributed by atoms with E-state index in [1.54, 1.807) is 0 Å². The van der Waals surface area contributed by atoms with E-state index in [0.717, 1.165) is 0 Å². The highest BCUT2D eigenvalue weighted by molar-refractivity contribution is 7.99. The second-order valence-corrected chi connectivity index (χ2v) is 6.75. The van der Waals surface area contributed by atoms with Crippen LogP contribution in [0.5, 0.6) is 0 Å². The summed E-state index contributed by atoms with van der Waals surface area (Å²) in [7, 11) is 2.14. The number of fused-ring (bicyclic) bond motifs is 5. The Morgan fingerprint density at radius 3 is 2.55 bits per heavy atom. The standard InChI is InChI=1S/C19H14N2S/c1-21-16-8-4-5-9-18(16)22-19-10-13-12-6-2-3-7-14(12)20-15(13)11-17(19)21/h2-11,20H,1H3. The number of nitrogens with one attached hydrogen (secondary N) is 1. The van der Waals surface area contributed by atoms with E-state index in [1.807, 2.05) is 11.8 Å². The molecule has 5 rings (SSSR count). The number of benzene rings is 3. The quantitative estimate of drug-likeness (QED) is 0.459. The summed E-state index contributed by atoms with van der Waals surface area (Å²) in [5, 5.41) is 2.59. The summed E-state index contributed by atoms with van der Waals surface area (Å²) in [5.41, 5.74) is 4.94. The van der Waals surface area contributed by atoms with Crippen molar-refractivity contribution in [3.8, 4) is 0 Å². The zero-order valence-corrected chi connectivity index (χ0v) is 12.9. The smallest absolute Gasteiger partial charge is 0.0571 e. The molecule has 1 aliphatic rings. The first-order chi connectivity index (χ1) is 10.8. The monoisotopic (exact) mass is 302 g/mol. The van der Waals surface area contributed by atoms with Crippen molar-refractivity contribution in [2.45, 2.75) is 9.79 Å². The van der Waals surface area contributed by atoms with Crippen molar-refractivity contribution in [3.05, 3.63) is 60.7 Å². The molecule has 1 N–H and O–H groups in total. The average molecular weight is 302 g/mol. The maximum absolute atomic E-state index is 3.54. The number of para-hydroxylation sites is 2. The molecular formula is C19H14N2S. The lowest BCUT2D eigenvalue weighted by molar-refractivity contribution is 1.12. The highest BCUT2D eigenvalue weighted by atomic mass is 32.2. The molecule has 0 atom stereocenters. The van der Waals surface area contributed by atoms with Crippen molar-refractivity contribution < 1.29 is 0 Å². The fourth-order valence-electron chi connectivity index (χ4n) is 3.28. The third-order valence-electron chi connectivity index (χ3n) is 4.39. The largest absolute Gasteiger partial charge is 0.354 e. The molecule has 3 heteroatoms. The molecule has 0 spiro atoms. The Bertz CT molecular complexity index is 1030. The molecule has 0 bridgehead atoms. The Hall–Kier alpha value is -2.39. The van der Waals surface area contributed by atoms with Crippen LogP contribution in [0.25, 0.3) is 21.8 Å². The minimum atomic E-state index is 1.20. The number of nitrogens with zero attached hydrogens (tertiary/aromatic N) is 1. The molecule has 22 heavy (non-hydrogen) atoms. The van der Waals surface area contributed by atoms with Crippen molar-refractivity contribution in [1.82, 2.24) is 4.98 Å². The van der Waals surface area contributed by atoms with Gasteiger partial charge in [-0.3, -0.25) is 0 Å². The van der Waals surface area contributed by atoms with E-state index in [1.165, 1.54) is 43.0 Å². The summed E-state index contributed by atoms with van der Waals surface area (Å²) in [6.07, 6.45) is 0. The lowest BCUT2D eigenvalue weighted by Gasteiger charge is -2.29. The third-order valence-corrected chi connectivity index (χ3v) is 5.51. The van der Waals surface area contributed by atoms with Crippen LogP contribution in [0.3, 0.4) is 0 Å². The van der Waals surface area contributed by atoms with Gasteiger partial charge in [-0.2, -0.15) is 0 Å². The molecule has 3 aromatic carbocycles. The molecule has 2 nitrogen and oxygen atoms in total. The Morgan fingerprint density at radius 1 is 0.773 bits per heavy atom. The highest BCUT2D eigenvalue weighted by Gasteiger charge is 2.21. The summed E-state index contributed by atoms with van der Waals surface area (Å²) >= 11 is 1.86. The van der Waals surface area contributed by atoms with Gasteiger partial charge in [0.25, 0.3) is 0 Å². The average Bonchev–Trinajstić information content (AvgIpc) is 2.91. The van der Waals surface area contributed by atoms with E-state index >= 15 is 0 Å². The van der Waals surface area contributed by atoms with E-state index in [2.05, 4.69) is 77.6 Å². The van der Waals surface area contributed by atoms with Crippen LogP contribution in [0.4, 0.5) is 11.4 Å². The third kappa shape index (κ3) is 1.57. The summed E-state index contributed by atoms with van der Waals surface area (Å²) in [6, 6.07) is 21.7. The van der Waals surface area contributed by atoms with Crippen LogP contribution in [0, 0.1) is 0 Å². The number of anilines is 2. The van der Waals surface area contributed by atoms with Crippen LogP contribution in [0.1, 0.15) is 0 Å². The molecule has 1 aromatic heterocycles. The van der Waals surface area contributed by atoms with E-state index in [9.17, 15) is 0 Å². The topological polar surface area (TPSA) is 19.0 Å². The van der Waals surface area contributed by atoms with Crippen molar-refractivity contribution in [2.75, 3.05) is 11.9 Å². The van der Waals surface area contributed by atoms with Crippen LogP contribution >= 0.6 is 11.8 Å². The molecule has 0 saturated heterocycles. The van der Waals surface area contributed by atoms with Crippen molar-refractivity contribution in [1.29, 1.82) is 0 Å².